The van der Waals surface area contributed by atoms with Gasteiger partial charge in [0.25, 0.3) is 5.22 Å². The van der Waals surface area contributed by atoms with Crippen LogP contribution < -0.4 is 5.32 Å². The smallest absolute Gasteiger partial charge is 0.257 e. The maximum atomic E-state index is 11.9. The molecule has 2 N–H and O–H groups in total. The summed E-state index contributed by atoms with van der Waals surface area (Å²) in [6.45, 7) is -0.229. The minimum atomic E-state index is -0.549. The molecule has 1 amide bonds. The van der Waals surface area contributed by atoms with Crippen LogP contribution in [0.25, 0.3) is 11.1 Å². The first-order valence-electron chi connectivity index (χ1n) is 6.68. The number of hydrogen-bond acceptors (Lipinski definition) is 6. The van der Waals surface area contributed by atoms with E-state index in [2.05, 4.69) is 10.3 Å². The zero-order chi connectivity index (χ0) is 15.4. The molecule has 0 aliphatic heterocycles. The highest BCUT2D eigenvalue weighted by molar-refractivity contribution is 7.99. The molecule has 0 saturated heterocycles. The molecule has 2 aromatic heterocycles. The van der Waals surface area contributed by atoms with E-state index in [0.29, 0.717) is 16.6 Å². The van der Waals surface area contributed by atoms with Crippen LogP contribution in [-0.2, 0) is 4.79 Å². The van der Waals surface area contributed by atoms with Crippen molar-refractivity contribution in [3.05, 3.63) is 48.4 Å². The van der Waals surface area contributed by atoms with Crippen molar-refractivity contribution >= 4 is 28.8 Å². The van der Waals surface area contributed by atoms with Crippen LogP contribution in [0.2, 0.25) is 0 Å². The summed E-state index contributed by atoms with van der Waals surface area (Å²) in [7, 11) is 0. The number of fused-ring (bicyclic) bond motifs is 1. The third-order valence-electron chi connectivity index (χ3n) is 3.01. The largest absolute Gasteiger partial charge is 0.467 e. The Hall–Kier alpha value is -2.25. The van der Waals surface area contributed by atoms with Crippen molar-refractivity contribution in [2.75, 3.05) is 12.4 Å². The Balaban J connectivity index is 1.57. The number of para-hydroxylation sites is 2. The highest BCUT2D eigenvalue weighted by Crippen LogP contribution is 2.23. The zero-order valence-electron chi connectivity index (χ0n) is 11.6. The Morgan fingerprint density at radius 3 is 2.91 bits per heavy atom. The third-order valence-corrected chi connectivity index (χ3v) is 3.83. The van der Waals surface area contributed by atoms with Crippen molar-refractivity contribution in [3.63, 3.8) is 0 Å². The molecule has 1 atom stereocenters. The van der Waals surface area contributed by atoms with E-state index in [4.69, 9.17) is 8.83 Å². The second-order valence-electron chi connectivity index (χ2n) is 4.55. The molecular formula is C15H14N2O4S. The first-order valence-corrected chi connectivity index (χ1v) is 7.67. The van der Waals surface area contributed by atoms with Crippen molar-refractivity contribution < 1.29 is 18.7 Å². The van der Waals surface area contributed by atoms with Gasteiger partial charge < -0.3 is 19.3 Å². The molecule has 0 spiro atoms. The van der Waals surface area contributed by atoms with Crippen LogP contribution in [0.15, 0.2) is 56.7 Å². The number of benzene rings is 1. The molecule has 0 bridgehead atoms. The number of rotatable bonds is 6. The van der Waals surface area contributed by atoms with E-state index in [1.807, 2.05) is 24.3 Å². The Morgan fingerprint density at radius 2 is 2.18 bits per heavy atom. The standard InChI is InChI=1S/C15H14N2O4S/c18-8-11(12-6-3-7-20-12)16-14(19)9-22-15-17-10-4-1-2-5-13(10)21-15/h1-7,11,18H,8-9H2,(H,16,19). The lowest BCUT2D eigenvalue weighted by Crippen LogP contribution is -2.31. The van der Waals surface area contributed by atoms with Gasteiger partial charge in [-0.1, -0.05) is 23.9 Å². The number of amides is 1. The topological polar surface area (TPSA) is 88.5 Å². The molecule has 114 valence electrons. The van der Waals surface area contributed by atoms with Gasteiger partial charge in [0.15, 0.2) is 5.58 Å². The number of aliphatic hydroxyl groups excluding tert-OH is 1. The number of nitrogens with one attached hydrogen (secondary N) is 1. The molecular weight excluding hydrogens is 304 g/mol. The Labute approximate surface area is 130 Å². The van der Waals surface area contributed by atoms with E-state index < -0.39 is 6.04 Å². The maximum absolute atomic E-state index is 11.9. The fraction of sp³-hybridized carbons (Fsp3) is 0.200. The second kappa shape index (κ2) is 6.67. The van der Waals surface area contributed by atoms with Crippen molar-refractivity contribution in [3.8, 4) is 0 Å². The zero-order valence-corrected chi connectivity index (χ0v) is 12.4. The molecule has 3 aromatic rings. The number of nitrogens with zero attached hydrogens (tertiary/aromatic N) is 1. The molecule has 6 nitrogen and oxygen atoms in total. The summed E-state index contributed by atoms with van der Waals surface area (Å²) in [5.74, 6) is 0.426. The molecule has 0 aliphatic rings. The van der Waals surface area contributed by atoms with E-state index in [-0.39, 0.29) is 18.3 Å². The lowest BCUT2D eigenvalue weighted by molar-refractivity contribution is -0.119. The van der Waals surface area contributed by atoms with Gasteiger partial charge in [-0.25, -0.2) is 4.98 Å². The van der Waals surface area contributed by atoms with E-state index in [9.17, 15) is 9.90 Å². The van der Waals surface area contributed by atoms with Crippen molar-refractivity contribution in [1.82, 2.24) is 10.3 Å². The molecule has 2 heterocycles. The van der Waals surface area contributed by atoms with Gasteiger partial charge >= 0.3 is 0 Å². The van der Waals surface area contributed by atoms with Gasteiger partial charge in [0.2, 0.25) is 5.91 Å². The number of aromatic nitrogens is 1. The predicted molar refractivity (Wildman–Crippen MR) is 81.4 cm³/mol. The van der Waals surface area contributed by atoms with Gasteiger partial charge in [0.05, 0.1) is 18.6 Å². The fourth-order valence-electron chi connectivity index (χ4n) is 1.97. The molecule has 7 heteroatoms. The van der Waals surface area contributed by atoms with Crippen LogP contribution in [-0.4, -0.2) is 28.4 Å². The van der Waals surface area contributed by atoms with Crippen LogP contribution in [0, 0.1) is 0 Å². The van der Waals surface area contributed by atoms with Crippen LogP contribution in [0.4, 0.5) is 0 Å². The van der Waals surface area contributed by atoms with Crippen LogP contribution in [0.3, 0.4) is 0 Å². The molecule has 22 heavy (non-hydrogen) atoms. The molecule has 3 rings (SSSR count). The number of aliphatic hydroxyl groups is 1. The van der Waals surface area contributed by atoms with Gasteiger partial charge in [-0.3, -0.25) is 4.79 Å². The number of carbonyl (C=O) groups excluding carboxylic acids is 1. The summed E-state index contributed by atoms with van der Waals surface area (Å²) < 4.78 is 10.7. The Kier molecular flexibility index (Phi) is 4.45. The highest BCUT2D eigenvalue weighted by Gasteiger charge is 2.17. The predicted octanol–water partition coefficient (Wildman–Crippen LogP) is 2.36. The lowest BCUT2D eigenvalue weighted by Gasteiger charge is -2.13. The van der Waals surface area contributed by atoms with Crippen molar-refractivity contribution in [2.24, 2.45) is 0 Å². The number of furan rings is 1. The molecule has 0 fully saturated rings. The monoisotopic (exact) mass is 318 g/mol. The molecule has 0 saturated carbocycles. The first-order chi connectivity index (χ1) is 10.8. The molecule has 1 aromatic carbocycles. The number of carbonyl (C=O) groups is 1. The number of thioether (sulfide) groups is 1. The molecule has 0 aliphatic carbocycles. The molecule has 0 radical (unpaired) electrons. The SMILES string of the molecule is O=C(CSc1nc2ccccc2o1)NC(CO)c1ccco1. The van der Waals surface area contributed by atoms with Crippen molar-refractivity contribution in [1.29, 1.82) is 0 Å². The van der Waals surface area contributed by atoms with Gasteiger partial charge in [-0.05, 0) is 24.3 Å². The third kappa shape index (κ3) is 3.32. The second-order valence-corrected chi connectivity index (χ2v) is 5.48. The van der Waals surface area contributed by atoms with Crippen LogP contribution in [0.1, 0.15) is 11.8 Å². The summed E-state index contributed by atoms with van der Waals surface area (Å²) in [6, 6.07) is 10.3. The van der Waals surface area contributed by atoms with E-state index in [1.54, 1.807) is 12.1 Å². The highest BCUT2D eigenvalue weighted by atomic mass is 32.2. The van der Waals surface area contributed by atoms with Gasteiger partial charge in [0, 0.05) is 0 Å². The van der Waals surface area contributed by atoms with Crippen LogP contribution in [0.5, 0.6) is 0 Å². The quantitative estimate of drug-likeness (QED) is 0.678. The minimum absolute atomic E-state index is 0.143. The average molecular weight is 318 g/mol. The summed E-state index contributed by atoms with van der Waals surface area (Å²) >= 11 is 1.20. The van der Waals surface area contributed by atoms with E-state index >= 15 is 0 Å². The van der Waals surface area contributed by atoms with Gasteiger partial charge in [-0.15, -0.1) is 0 Å². The maximum Gasteiger partial charge on any atom is 0.257 e. The summed E-state index contributed by atoms with van der Waals surface area (Å²) in [4.78, 5) is 16.2. The number of oxazole rings is 1. The summed E-state index contributed by atoms with van der Waals surface area (Å²) in [5, 5.41) is 12.5. The lowest BCUT2D eigenvalue weighted by atomic mass is 10.2. The minimum Gasteiger partial charge on any atom is -0.467 e. The Bertz CT molecular complexity index is 721. The first kappa shape index (κ1) is 14.7. The van der Waals surface area contributed by atoms with Gasteiger partial charge in [0.1, 0.15) is 17.3 Å². The van der Waals surface area contributed by atoms with Crippen molar-refractivity contribution in [2.45, 2.75) is 11.3 Å². The van der Waals surface area contributed by atoms with Crippen LogP contribution >= 0.6 is 11.8 Å². The Morgan fingerprint density at radius 1 is 1.32 bits per heavy atom. The summed E-state index contributed by atoms with van der Waals surface area (Å²) in [6.07, 6.45) is 1.50. The van der Waals surface area contributed by atoms with Gasteiger partial charge in [-0.2, -0.15) is 0 Å². The normalized spacial score (nSPS) is 12.4. The summed E-state index contributed by atoms with van der Waals surface area (Å²) in [5.41, 5.74) is 1.45. The molecule has 1 unspecified atom stereocenters. The van der Waals surface area contributed by atoms with E-state index in [0.717, 1.165) is 5.52 Å². The number of hydrogen-bond donors (Lipinski definition) is 2. The van der Waals surface area contributed by atoms with E-state index in [1.165, 1.54) is 18.0 Å². The fourth-order valence-corrected chi connectivity index (χ4v) is 2.62. The average Bonchev–Trinajstić information content (AvgIpc) is 3.19.